The Morgan fingerprint density at radius 1 is 1.27 bits per heavy atom. The van der Waals surface area contributed by atoms with Crippen LogP contribution in [0, 0.1) is 13.8 Å². The second-order valence-electron chi connectivity index (χ2n) is 5.87. The van der Waals surface area contributed by atoms with Gasteiger partial charge in [0.1, 0.15) is 11.3 Å². The van der Waals surface area contributed by atoms with Gasteiger partial charge in [0.2, 0.25) is 0 Å². The van der Waals surface area contributed by atoms with Gasteiger partial charge in [-0.1, -0.05) is 6.92 Å². The van der Waals surface area contributed by atoms with Crippen LogP contribution >= 0.6 is 0 Å². The van der Waals surface area contributed by atoms with Crippen molar-refractivity contribution < 1.29 is 18.3 Å². The van der Waals surface area contributed by atoms with Crippen molar-refractivity contribution in [3.05, 3.63) is 47.4 Å². The molecular formula is C17H18N4O4S. The molecule has 0 fully saturated rings. The summed E-state index contributed by atoms with van der Waals surface area (Å²) in [5.41, 5.74) is 2.18. The molecule has 3 aromatic rings. The molecule has 2 heterocycles. The number of carbonyl (C=O) groups is 1. The van der Waals surface area contributed by atoms with E-state index < -0.39 is 15.7 Å². The van der Waals surface area contributed by atoms with Gasteiger partial charge in [-0.2, -0.15) is 5.10 Å². The average Bonchev–Trinajstić information content (AvgIpc) is 3.00. The number of anilines is 1. The third kappa shape index (κ3) is 3.13. The number of amides is 1. The third-order valence-electron chi connectivity index (χ3n) is 3.98. The number of aromatic nitrogens is 3. The Balaban J connectivity index is 2.00. The number of phenols is 1. The zero-order chi connectivity index (χ0) is 19.1. The molecule has 26 heavy (non-hydrogen) atoms. The number of hydrogen-bond donors (Lipinski definition) is 2. The van der Waals surface area contributed by atoms with E-state index in [0.717, 1.165) is 11.4 Å². The van der Waals surface area contributed by atoms with Crippen molar-refractivity contribution in [2.24, 2.45) is 0 Å². The van der Waals surface area contributed by atoms with Gasteiger partial charge >= 0.3 is 0 Å². The minimum atomic E-state index is -3.46. The lowest BCUT2D eigenvalue weighted by atomic mass is 10.2. The largest absolute Gasteiger partial charge is 0.506 e. The zero-order valence-corrected chi connectivity index (χ0v) is 15.3. The summed E-state index contributed by atoms with van der Waals surface area (Å²) in [7, 11) is -3.46. The highest BCUT2D eigenvalue weighted by molar-refractivity contribution is 7.91. The number of nitrogens with zero attached hydrogens (tertiary/aromatic N) is 3. The molecule has 0 atom stereocenters. The second kappa shape index (κ2) is 6.41. The van der Waals surface area contributed by atoms with Gasteiger partial charge in [0.05, 0.1) is 22.5 Å². The Bertz CT molecular complexity index is 1120. The van der Waals surface area contributed by atoms with E-state index >= 15 is 0 Å². The number of rotatable bonds is 4. The molecule has 2 aromatic heterocycles. The lowest BCUT2D eigenvalue weighted by Crippen LogP contribution is -2.13. The first-order chi connectivity index (χ1) is 12.2. The summed E-state index contributed by atoms with van der Waals surface area (Å²) in [5, 5.41) is 16.7. The maximum absolute atomic E-state index is 12.6. The maximum Gasteiger partial charge on any atom is 0.261 e. The van der Waals surface area contributed by atoms with E-state index in [1.807, 2.05) is 19.9 Å². The highest BCUT2D eigenvalue weighted by atomic mass is 32.2. The van der Waals surface area contributed by atoms with Crippen molar-refractivity contribution in [1.29, 1.82) is 0 Å². The minimum absolute atomic E-state index is 0.00764. The van der Waals surface area contributed by atoms with Crippen LogP contribution in [0.5, 0.6) is 5.75 Å². The highest BCUT2D eigenvalue weighted by Gasteiger charge is 2.19. The molecule has 0 bridgehead atoms. The Hall–Kier alpha value is -2.94. The Labute approximate surface area is 150 Å². The van der Waals surface area contributed by atoms with E-state index in [2.05, 4.69) is 15.4 Å². The summed E-state index contributed by atoms with van der Waals surface area (Å²) >= 11 is 0. The minimum Gasteiger partial charge on any atom is -0.506 e. The normalized spacial score (nSPS) is 11.7. The van der Waals surface area contributed by atoms with Crippen LogP contribution < -0.4 is 5.32 Å². The van der Waals surface area contributed by atoms with Gasteiger partial charge in [-0.25, -0.2) is 17.9 Å². The second-order valence-corrected chi connectivity index (χ2v) is 8.15. The molecule has 0 saturated heterocycles. The summed E-state index contributed by atoms with van der Waals surface area (Å²) in [6.45, 7) is 5.18. The SMILES string of the molecule is CCS(=O)(=O)c1ccc(O)c(NC(=O)c2cnn3c(C)cc(C)nc23)c1. The average molecular weight is 374 g/mol. The molecule has 0 unspecified atom stereocenters. The number of aryl methyl sites for hydroxylation is 2. The van der Waals surface area contributed by atoms with Gasteiger partial charge in [0, 0.05) is 11.4 Å². The molecular weight excluding hydrogens is 356 g/mol. The summed E-state index contributed by atoms with van der Waals surface area (Å²) in [4.78, 5) is 17.0. The number of fused-ring (bicyclic) bond motifs is 1. The van der Waals surface area contributed by atoms with Crippen LogP contribution in [0.1, 0.15) is 28.7 Å². The standard InChI is InChI=1S/C17H18N4O4S/c1-4-26(24,25)12-5-6-15(22)14(8-12)20-17(23)13-9-18-21-11(3)7-10(2)19-16(13)21/h5-9,22H,4H2,1-3H3,(H,20,23). The van der Waals surface area contributed by atoms with Crippen LogP contribution in [-0.4, -0.2) is 39.8 Å². The van der Waals surface area contributed by atoms with Crippen LogP contribution in [0.4, 0.5) is 5.69 Å². The molecule has 0 aliphatic heterocycles. The highest BCUT2D eigenvalue weighted by Crippen LogP contribution is 2.27. The fourth-order valence-electron chi connectivity index (χ4n) is 2.60. The fraction of sp³-hybridized carbons (Fsp3) is 0.235. The van der Waals surface area contributed by atoms with Crippen LogP contribution in [-0.2, 0) is 9.84 Å². The Kier molecular flexibility index (Phi) is 4.41. The lowest BCUT2D eigenvalue weighted by molar-refractivity contribution is 0.102. The van der Waals surface area contributed by atoms with Crippen LogP contribution in [0.2, 0.25) is 0 Å². The number of phenolic OH excluding ortho intramolecular Hbond substituents is 1. The Morgan fingerprint density at radius 2 is 2.00 bits per heavy atom. The van der Waals surface area contributed by atoms with E-state index in [4.69, 9.17) is 0 Å². The van der Waals surface area contributed by atoms with Crippen LogP contribution in [0.3, 0.4) is 0 Å². The molecule has 0 aliphatic carbocycles. The summed E-state index contributed by atoms with van der Waals surface area (Å²) < 4.78 is 25.6. The molecule has 1 aromatic carbocycles. The number of nitrogens with one attached hydrogen (secondary N) is 1. The lowest BCUT2D eigenvalue weighted by Gasteiger charge is -2.09. The van der Waals surface area contributed by atoms with Crippen molar-refractivity contribution >= 4 is 27.1 Å². The van der Waals surface area contributed by atoms with E-state index in [0.29, 0.717) is 5.65 Å². The van der Waals surface area contributed by atoms with Crippen LogP contribution in [0.25, 0.3) is 5.65 Å². The topological polar surface area (TPSA) is 114 Å². The number of carbonyl (C=O) groups excluding carboxylic acids is 1. The van der Waals surface area contributed by atoms with E-state index in [-0.39, 0.29) is 27.6 Å². The maximum atomic E-state index is 12.6. The van der Waals surface area contributed by atoms with Crippen molar-refractivity contribution in [2.75, 3.05) is 11.1 Å². The molecule has 0 spiro atoms. The van der Waals surface area contributed by atoms with Gasteiger partial charge < -0.3 is 10.4 Å². The summed E-state index contributed by atoms with van der Waals surface area (Å²) in [6, 6.07) is 5.61. The third-order valence-corrected chi connectivity index (χ3v) is 5.71. The van der Waals surface area contributed by atoms with Gasteiger partial charge in [-0.15, -0.1) is 0 Å². The number of hydrogen-bond acceptors (Lipinski definition) is 6. The van der Waals surface area contributed by atoms with Gasteiger partial charge in [-0.3, -0.25) is 4.79 Å². The van der Waals surface area contributed by atoms with Gasteiger partial charge in [0.25, 0.3) is 5.91 Å². The molecule has 0 aliphatic rings. The Morgan fingerprint density at radius 3 is 2.69 bits per heavy atom. The van der Waals surface area contributed by atoms with Gasteiger partial charge in [-0.05, 0) is 38.1 Å². The first-order valence-electron chi connectivity index (χ1n) is 7.92. The summed E-state index contributed by atoms with van der Waals surface area (Å²) in [6.07, 6.45) is 1.38. The number of benzene rings is 1. The van der Waals surface area contributed by atoms with E-state index in [9.17, 15) is 18.3 Å². The van der Waals surface area contributed by atoms with Crippen LogP contribution in [0.15, 0.2) is 35.4 Å². The molecule has 1 amide bonds. The molecule has 0 saturated carbocycles. The molecule has 3 rings (SSSR count). The van der Waals surface area contributed by atoms with Crippen molar-refractivity contribution in [3.8, 4) is 5.75 Å². The van der Waals surface area contributed by atoms with Crippen molar-refractivity contribution in [2.45, 2.75) is 25.7 Å². The molecule has 8 nitrogen and oxygen atoms in total. The first kappa shape index (κ1) is 17.9. The zero-order valence-electron chi connectivity index (χ0n) is 14.5. The fourth-order valence-corrected chi connectivity index (χ4v) is 3.50. The van der Waals surface area contributed by atoms with Crippen molar-refractivity contribution in [3.63, 3.8) is 0 Å². The van der Waals surface area contributed by atoms with Gasteiger partial charge in [0.15, 0.2) is 15.5 Å². The van der Waals surface area contributed by atoms with E-state index in [1.165, 1.54) is 31.3 Å². The number of aromatic hydroxyl groups is 1. The predicted molar refractivity (Wildman–Crippen MR) is 96.2 cm³/mol. The predicted octanol–water partition coefficient (Wildman–Crippen LogP) is 2.10. The van der Waals surface area contributed by atoms with E-state index in [1.54, 1.807) is 4.52 Å². The molecule has 2 N–H and O–H groups in total. The molecule has 0 radical (unpaired) electrons. The van der Waals surface area contributed by atoms with Crippen molar-refractivity contribution in [1.82, 2.24) is 14.6 Å². The smallest absolute Gasteiger partial charge is 0.261 e. The summed E-state index contributed by atoms with van der Waals surface area (Å²) in [5.74, 6) is -0.856. The molecule has 9 heteroatoms. The quantitative estimate of drug-likeness (QED) is 0.676. The first-order valence-corrected chi connectivity index (χ1v) is 9.57. The number of sulfone groups is 1. The molecule has 136 valence electrons. The monoisotopic (exact) mass is 374 g/mol.